The Hall–Kier alpha value is -5.87. The number of fused-ring (bicyclic) bond motifs is 10. The van der Waals surface area contributed by atoms with Gasteiger partial charge in [0.05, 0.1) is 28.5 Å². The molecule has 0 fully saturated rings. The van der Waals surface area contributed by atoms with Crippen LogP contribution in [-0.2, 0) is 0 Å². The van der Waals surface area contributed by atoms with Crippen molar-refractivity contribution in [3.63, 3.8) is 0 Å². The third-order valence-electron chi connectivity index (χ3n) is 11.2. The zero-order chi connectivity index (χ0) is 34.8. The summed E-state index contributed by atoms with van der Waals surface area (Å²) in [7, 11) is 2.10. The molecule has 5 heterocycles. The number of aromatic nitrogens is 2. The number of allylic oxidation sites excluding steroid dienone is 3. The van der Waals surface area contributed by atoms with Crippen LogP contribution in [0.5, 0.6) is 0 Å². The van der Waals surface area contributed by atoms with Crippen LogP contribution in [-0.4, -0.2) is 16.3 Å². The van der Waals surface area contributed by atoms with Gasteiger partial charge in [-0.15, -0.1) is 0 Å². The first-order valence-electron chi connectivity index (χ1n) is 18.0. The summed E-state index contributed by atoms with van der Waals surface area (Å²) < 4.78 is 11.6. The second-order valence-corrected chi connectivity index (χ2v) is 14.1. The Labute approximate surface area is 298 Å². The summed E-state index contributed by atoms with van der Waals surface area (Å²) in [6.45, 7) is 13.2. The highest BCUT2D eigenvalue weighted by molar-refractivity contribution is 6.28. The van der Waals surface area contributed by atoms with Gasteiger partial charge in [0, 0.05) is 63.5 Å². The molecule has 4 nitrogen and oxygen atoms in total. The molecule has 0 radical (unpaired) electrons. The maximum atomic E-state index is 6.63. The van der Waals surface area contributed by atoms with Crippen LogP contribution < -0.4 is 4.57 Å². The number of furan rings is 1. The lowest BCUT2D eigenvalue weighted by Crippen LogP contribution is -2.47. The molecule has 51 heavy (non-hydrogen) atoms. The molecule has 250 valence electrons. The van der Waals surface area contributed by atoms with Gasteiger partial charge >= 0.3 is 0 Å². The third-order valence-corrected chi connectivity index (χ3v) is 11.2. The van der Waals surface area contributed by atoms with Crippen molar-refractivity contribution in [3.8, 4) is 11.3 Å². The number of pyridine rings is 1. The highest BCUT2D eigenvalue weighted by Crippen LogP contribution is 2.47. The summed E-state index contributed by atoms with van der Waals surface area (Å²) in [6.07, 6.45) is 13.7. The van der Waals surface area contributed by atoms with E-state index in [1.165, 1.54) is 49.9 Å². The molecule has 0 spiro atoms. The molecule has 2 unspecified atom stereocenters. The Morgan fingerprint density at radius 2 is 1.69 bits per heavy atom. The van der Waals surface area contributed by atoms with E-state index in [1.54, 1.807) is 0 Å². The topological polar surface area (TPSA) is 24.7 Å². The number of nitrogens with zero attached hydrogens (tertiary/aromatic N) is 3. The standard InChI is InChI=1S/C47H42N3O/c1-6-25-48(5)31(4)28-42-36(33-16-8-9-17-34(33)40-20-14-15-26-49(40)42)24-23-30(3)27-43-32(7-2)45-46-38(35-18-10-12-21-41(35)50(43)46)29-39-37-19-11-13-22-44(37)51-47(39)45/h6-22,25-27,29,36,42H,2,4,23-24,28H2,1,3,5H3/q+1/b25-6-,30-27?. The molecule has 4 aromatic heterocycles. The summed E-state index contributed by atoms with van der Waals surface area (Å²) in [6, 6.07) is 35.3. The Bertz CT molecular complexity index is 2720. The van der Waals surface area contributed by atoms with E-state index in [-0.39, 0.29) is 6.04 Å². The fourth-order valence-electron chi connectivity index (χ4n) is 8.82. The summed E-state index contributed by atoms with van der Waals surface area (Å²) in [5, 5.41) is 5.95. The molecule has 1 aliphatic rings. The molecule has 0 saturated heterocycles. The highest BCUT2D eigenvalue weighted by Gasteiger charge is 2.40. The fourth-order valence-corrected chi connectivity index (χ4v) is 8.82. The van der Waals surface area contributed by atoms with E-state index in [2.05, 4.69) is 163 Å². The van der Waals surface area contributed by atoms with Crippen LogP contribution >= 0.6 is 0 Å². The van der Waals surface area contributed by atoms with E-state index in [9.17, 15) is 0 Å². The minimum Gasteiger partial charge on any atom is -0.455 e. The highest BCUT2D eigenvalue weighted by atomic mass is 16.3. The second kappa shape index (κ2) is 12.2. The van der Waals surface area contributed by atoms with Crippen LogP contribution in [0, 0.1) is 0 Å². The van der Waals surface area contributed by atoms with Gasteiger partial charge in [-0.2, -0.15) is 4.57 Å². The van der Waals surface area contributed by atoms with E-state index in [0.29, 0.717) is 5.92 Å². The number of rotatable bonds is 9. The van der Waals surface area contributed by atoms with Crippen molar-refractivity contribution in [2.75, 3.05) is 7.05 Å². The van der Waals surface area contributed by atoms with E-state index in [0.717, 1.165) is 57.8 Å². The molecule has 4 aromatic carbocycles. The summed E-state index contributed by atoms with van der Waals surface area (Å²) in [4.78, 5) is 2.16. The lowest BCUT2D eigenvalue weighted by molar-refractivity contribution is -0.718. The molecular weight excluding hydrogens is 623 g/mol. The van der Waals surface area contributed by atoms with Crippen LogP contribution in [0.2, 0.25) is 0 Å². The third kappa shape index (κ3) is 4.77. The van der Waals surface area contributed by atoms with Gasteiger partial charge in [0.1, 0.15) is 11.2 Å². The van der Waals surface area contributed by atoms with E-state index in [4.69, 9.17) is 4.42 Å². The minimum atomic E-state index is 0.247. The van der Waals surface area contributed by atoms with Gasteiger partial charge < -0.3 is 13.7 Å². The van der Waals surface area contributed by atoms with Gasteiger partial charge in [0.2, 0.25) is 5.69 Å². The van der Waals surface area contributed by atoms with E-state index < -0.39 is 0 Å². The van der Waals surface area contributed by atoms with Crippen LogP contribution in [0.3, 0.4) is 0 Å². The van der Waals surface area contributed by atoms with Crippen molar-refractivity contribution in [1.82, 2.24) is 9.30 Å². The van der Waals surface area contributed by atoms with Crippen molar-refractivity contribution in [2.24, 2.45) is 0 Å². The summed E-state index contributed by atoms with van der Waals surface area (Å²) in [5.41, 5.74) is 13.0. The predicted octanol–water partition coefficient (Wildman–Crippen LogP) is 12.1. The number of benzene rings is 4. The molecule has 0 saturated carbocycles. The zero-order valence-corrected chi connectivity index (χ0v) is 29.6. The minimum absolute atomic E-state index is 0.247. The van der Waals surface area contributed by atoms with Gasteiger partial charge in [-0.05, 0) is 74.9 Å². The van der Waals surface area contributed by atoms with Crippen LogP contribution in [0.25, 0.3) is 72.5 Å². The Balaban J connectivity index is 1.16. The summed E-state index contributed by atoms with van der Waals surface area (Å²) in [5.74, 6) is 0.322. The predicted molar refractivity (Wildman–Crippen MR) is 214 cm³/mol. The lowest BCUT2D eigenvalue weighted by atomic mass is 9.78. The summed E-state index contributed by atoms with van der Waals surface area (Å²) >= 11 is 0. The second-order valence-electron chi connectivity index (χ2n) is 14.1. The molecule has 0 N–H and O–H groups in total. The first-order valence-corrected chi connectivity index (χ1v) is 18.0. The van der Waals surface area contributed by atoms with Gasteiger partial charge in [-0.3, -0.25) is 0 Å². The van der Waals surface area contributed by atoms with Crippen LogP contribution in [0.1, 0.15) is 61.9 Å². The van der Waals surface area contributed by atoms with Crippen LogP contribution in [0.4, 0.5) is 0 Å². The van der Waals surface area contributed by atoms with Gasteiger partial charge in [0.15, 0.2) is 12.2 Å². The average Bonchev–Trinajstić information content (AvgIpc) is 3.80. The average molecular weight is 665 g/mol. The quantitative estimate of drug-likeness (QED) is 0.143. The van der Waals surface area contributed by atoms with Crippen molar-refractivity contribution in [1.29, 1.82) is 0 Å². The molecule has 0 aliphatic carbocycles. The first-order chi connectivity index (χ1) is 25.0. The molecule has 1 aliphatic heterocycles. The van der Waals surface area contributed by atoms with Crippen molar-refractivity contribution in [2.45, 2.75) is 45.1 Å². The molecular formula is C47H42N3O+. The molecule has 0 bridgehead atoms. The van der Waals surface area contributed by atoms with Crippen molar-refractivity contribution >= 4 is 61.3 Å². The normalized spacial score (nSPS) is 16.2. The Morgan fingerprint density at radius 1 is 0.922 bits per heavy atom. The zero-order valence-electron chi connectivity index (χ0n) is 29.6. The van der Waals surface area contributed by atoms with Gasteiger partial charge in [-0.1, -0.05) is 85.5 Å². The molecule has 9 rings (SSSR count). The number of hydrogen-bond donors (Lipinski definition) is 0. The SMILES string of the molecule is C=Cc1c(C=C(C)CCC2c3ccccc3-c3cccc[n+]3C2CC(=C)N(C)/C=C\C)n2c3ccccc3c3cc4c5ccccc5oc4c1c32. The molecule has 4 heteroatoms. The largest absolute Gasteiger partial charge is 0.455 e. The smallest absolute Gasteiger partial charge is 0.213 e. The van der Waals surface area contributed by atoms with Gasteiger partial charge in [0.25, 0.3) is 0 Å². The maximum absolute atomic E-state index is 6.63. The molecule has 0 amide bonds. The lowest BCUT2D eigenvalue weighted by Gasteiger charge is -2.32. The first kappa shape index (κ1) is 31.1. The molecule has 8 aromatic rings. The van der Waals surface area contributed by atoms with Crippen molar-refractivity contribution < 1.29 is 8.98 Å². The number of hydrogen-bond acceptors (Lipinski definition) is 2. The Kier molecular flexibility index (Phi) is 7.43. The van der Waals surface area contributed by atoms with Gasteiger partial charge in [-0.25, -0.2) is 0 Å². The fraction of sp³-hybridized carbons (Fsp3) is 0.170. The van der Waals surface area contributed by atoms with E-state index >= 15 is 0 Å². The van der Waals surface area contributed by atoms with Crippen LogP contribution in [0.15, 0.2) is 144 Å². The maximum Gasteiger partial charge on any atom is 0.213 e. The molecule has 2 atom stereocenters. The Morgan fingerprint density at radius 3 is 2.53 bits per heavy atom. The van der Waals surface area contributed by atoms with Crippen molar-refractivity contribution in [3.05, 3.63) is 157 Å². The number of para-hydroxylation sites is 2. The van der Waals surface area contributed by atoms with E-state index in [1.807, 2.05) is 12.1 Å². The monoisotopic (exact) mass is 664 g/mol.